The molecule has 1 amide bonds. The smallest absolute Gasteiger partial charge is 0.407 e. The van der Waals surface area contributed by atoms with Crippen molar-refractivity contribution < 1.29 is 9.53 Å². The van der Waals surface area contributed by atoms with E-state index >= 15 is 0 Å². The van der Waals surface area contributed by atoms with Gasteiger partial charge >= 0.3 is 6.09 Å². The first kappa shape index (κ1) is 20.2. The third-order valence-corrected chi connectivity index (χ3v) is 3.50. The standard InChI is InChI=1S/C12H8N2.C9H9NO2.C2H2/c1-3-9-13-11(5-1)7-8-12-6-2-4-10-14-12;11-9-10-6-8(12-9)7-4-2-1-3-5-7;1-2/h1-6,9-10H;1-5,8H,6H2,(H,10,11);1-2H/t;8-;/m.1./s1. The Labute approximate surface area is 164 Å². The van der Waals surface area contributed by atoms with E-state index in [1.807, 2.05) is 66.7 Å². The van der Waals surface area contributed by atoms with E-state index in [-0.39, 0.29) is 12.2 Å². The summed E-state index contributed by atoms with van der Waals surface area (Å²) in [5.74, 6) is 5.87. The first-order valence-electron chi connectivity index (χ1n) is 8.48. The van der Waals surface area contributed by atoms with Gasteiger partial charge in [-0.15, -0.1) is 12.8 Å². The van der Waals surface area contributed by atoms with Gasteiger partial charge in [0, 0.05) is 12.4 Å². The molecule has 4 rings (SSSR count). The van der Waals surface area contributed by atoms with Crippen molar-refractivity contribution >= 4 is 6.09 Å². The Hall–Kier alpha value is -4.09. The highest BCUT2D eigenvalue weighted by Crippen LogP contribution is 2.19. The summed E-state index contributed by atoms with van der Waals surface area (Å²) in [6.45, 7) is 0.572. The van der Waals surface area contributed by atoms with Crippen molar-refractivity contribution in [3.05, 3.63) is 96.1 Å². The van der Waals surface area contributed by atoms with E-state index in [1.54, 1.807) is 12.4 Å². The molecule has 2 aromatic heterocycles. The van der Waals surface area contributed by atoms with Crippen LogP contribution in [0.5, 0.6) is 0 Å². The van der Waals surface area contributed by atoms with Crippen molar-refractivity contribution in [1.82, 2.24) is 15.3 Å². The highest BCUT2D eigenvalue weighted by Gasteiger charge is 2.23. The van der Waals surface area contributed by atoms with Crippen LogP contribution in [-0.2, 0) is 4.74 Å². The molecule has 1 aliphatic heterocycles. The van der Waals surface area contributed by atoms with Crippen molar-refractivity contribution in [2.75, 3.05) is 6.54 Å². The van der Waals surface area contributed by atoms with Crippen LogP contribution in [-0.4, -0.2) is 22.6 Å². The average Bonchev–Trinajstić information content (AvgIpc) is 3.23. The number of hydrogen-bond donors (Lipinski definition) is 1. The second kappa shape index (κ2) is 11.5. The van der Waals surface area contributed by atoms with Crippen molar-refractivity contribution in [2.24, 2.45) is 0 Å². The van der Waals surface area contributed by atoms with Crippen LogP contribution in [0.15, 0.2) is 79.1 Å². The maximum absolute atomic E-state index is 10.7. The Bertz CT molecular complexity index is 887. The zero-order valence-corrected chi connectivity index (χ0v) is 15.2. The summed E-state index contributed by atoms with van der Waals surface area (Å²) < 4.78 is 5.00. The number of cyclic esters (lactones) is 1. The van der Waals surface area contributed by atoms with E-state index in [0.717, 1.165) is 17.0 Å². The molecule has 0 unspecified atom stereocenters. The van der Waals surface area contributed by atoms with Gasteiger partial charge in [-0.1, -0.05) is 42.5 Å². The molecule has 1 saturated heterocycles. The highest BCUT2D eigenvalue weighted by molar-refractivity contribution is 5.69. The van der Waals surface area contributed by atoms with Crippen molar-refractivity contribution in [1.29, 1.82) is 0 Å². The predicted octanol–water partition coefficient (Wildman–Crippen LogP) is 3.59. The summed E-state index contributed by atoms with van der Waals surface area (Å²) in [5.41, 5.74) is 2.56. The van der Waals surface area contributed by atoms with Gasteiger partial charge in [0.2, 0.25) is 0 Å². The fourth-order valence-corrected chi connectivity index (χ4v) is 2.24. The van der Waals surface area contributed by atoms with Gasteiger partial charge in [-0.3, -0.25) is 0 Å². The van der Waals surface area contributed by atoms with Gasteiger partial charge in [0.05, 0.1) is 6.54 Å². The number of benzene rings is 1. The SMILES string of the molecule is C#C.C(#Cc1ccccn1)c1ccccn1.O=C1NC[C@H](c2ccccc2)O1. The second-order valence-corrected chi connectivity index (χ2v) is 5.37. The lowest BCUT2D eigenvalue weighted by Crippen LogP contribution is -2.12. The molecule has 1 fully saturated rings. The molecule has 5 heteroatoms. The number of terminal acetylenes is 1. The molecule has 28 heavy (non-hydrogen) atoms. The van der Waals surface area contributed by atoms with Gasteiger partial charge in [0.15, 0.2) is 0 Å². The van der Waals surface area contributed by atoms with Crippen molar-refractivity contribution in [3.8, 4) is 24.7 Å². The maximum Gasteiger partial charge on any atom is 0.407 e. The minimum atomic E-state index is -0.330. The van der Waals surface area contributed by atoms with Gasteiger partial charge < -0.3 is 10.1 Å². The maximum atomic E-state index is 10.7. The van der Waals surface area contributed by atoms with Crippen LogP contribution in [0.4, 0.5) is 4.79 Å². The van der Waals surface area contributed by atoms with E-state index in [2.05, 4.69) is 40.0 Å². The zero-order chi connectivity index (χ0) is 20.0. The lowest BCUT2D eigenvalue weighted by molar-refractivity contribution is 0.141. The van der Waals surface area contributed by atoms with Crippen LogP contribution in [0.25, 0.3) is 0 Å². The zero-order valence-electron chi connectivity index (χ0n) is 15.2. The summed E-state index contributed by atoms with van der Waals surface area (Å²) in [5, 5.41) is 2.61. The van der Waals surface area contributed by atoms with Crippen LogP contribution >= 0.6 is 0 Å². The molecule has 1 N–H and O–H groups in total. The Balaban J connectivity index is 0.000000186. The number of aromatic nitrogens is 2. The van der Waals surface area contributed by atoms with E-state index < -0.39 is 0 Å². The number of pyridine rings is 2. The number of nitrogens with zero attached hydrogens (tertiary/aromatic N) is 2. The number of carbonyl (C=O) groups excluding carboxylic acids is 1. The summed E-state index contributed by atoms with van der Waals surface area (Å²) in [6, 6.07) is 21.0. The topological polar surface area (TPSA) is 64.1 Å². The third kappa shape index (κ3) is 6.67. The Morgan fingerprint density at radius 2 is 1.39 bits per heavy atom. The van der Waals surface area contributed by atoms with Crippen LogP contribution in [0.2, 0.25) is 0 Å². The summed E-state index contributed by atoms with van der Waals surface area (Å²) in [7, 11) is 0. The summed E-state index contributed by atoms with van der Waals surface area (Å²) in [6.07, 6.45) is 11.0. The molecule has 3 heterocycles. The number of rotatable bonds is 1. The Morgan fingerprint density at radius 3 is 1.82 bits per heavy atom. The number of alkyl carbamates (subject to hydrolysis) is 1. The molecule has 0 saturated carbocycles. The Morgan fingerprint density at radius 1 is 0.857 bits per heavy atom. The van der Waals surface area contributed by atoms with Crippen molar-refractivity contribution in [2.45, 2.75) is 6.10 Å². The lowest BCUT2D eigenvalue weighted by Gasteiger charge is -2.06. The molecule has 0 bridgehead atoms. The molecule has 5 nitrogen and oxygen atoms in total. The van der Waals surface area contributed by atoms with E-state index in [0.29, 0.717) is 6.54 Å². The van der Waals surface area contributed by atoms with Crippen LogP contribution in [0, 0.1) is 24.7 Å². The van der Waals surface area contributed by atoms with Gasteiger partial charge in [-0.05, 0) is 41.7 Å². The number of hydrogen-bond acceptors (Lipinski definition) is 4. The number of nitrogens with one attached hydrogen (secondary N) is 1. The van der Waals surface area contributed by atoms with E-state index in [4.69, 9.17) is 4.74 Å². The van der Waals surface area contributed by atoms with Crippen LogP contribution in [0.3, 0.4) is 0 Å². The molecule has 0 aliphatic carbocycles. The minimum absolute atomic E-state index is 0.112. The largest absolute Gasteiger partial charge is 0.439 e. The molecular weight excluding hydrogens is 350 g/mol. The lowest BCUT2D eigenvalue weighted by atomic mass is 10.1. The number of carbonyl (C=O) groups is 1. The third-order valence-electron chi connectivity index (χ3n) is 3.50. The van der Waals surface area contributed by atoms with Gasteiger partial charge in [0.25, 0.3) is 0 Å². The fraction of sp³-hybridized carbons (Fsp3) is 0.0870. The second-order valence-electron chi connectivity index (χ2n) is 5.37. The molecule has 1 aromatic carbocycles. The molecule has 3 aromatic rings. The average molecular weight is 369 g/mol. The van der Waals surface area contributed by atoms with Crippen molar-refractivity contribution in [3.63, 3.8) is 0 Å². The van der Waals surface area contributed by atoms with Gasteiger partial charge in [-0.25, -0.2) is 14.8 Å². The normalized spacial score (nSPS) is 13.8. The number of amides is 1. The predicted molar refractivity (Wildman–Crippen MR) is 108 cm³/mol. The first-order chi connectivity index (χ1) is 13.8. The first-order valence-corrected chi connectivity index (χ1v) is 8.48. The molecular formula is C23H19N3O2. The van der Waals surface area contributed by atoms with Crippen LogP contribution in [0.1, 0.15) is 23.1 Å². The summed E-state index contributed by atoms with van der Waals surface area (Å²) in [4.78, 5) is 18.9. The van der Waals surface area contributed by atoms with E-state index in [9.17, 15) is 4.79 Å². The molecule has 1 atom stereocenters. The molecule has 1 aliphatic rings. The molecule has 0 spiro atoms. The monoisotopic (exact) mass is 369 g/mol. The van der Waals surface area contributed by atoms with Gasteiger partial charge in [0.1, 0.15) is 17.5 Å². The van der Waals surface area contributed by atoms with Crippen LogP contribution < -0.4 is 5.32 Å². The quantitative estimate of drug-likeness (QED) is 0.666. The number of ether oxygens (including phenoxy) is 1. The molecule has 0 radical (unpaired) electrons. The Kier molecular flexibility index (Phi) is 8.31. The minimum Gasteiger partial charge on any atom is -0.439 e. The fourth-order valence-electron chi connectivity index (χ4n) is 2.24. The van der Waals surface area contributed by atoms with E-state index in [1.165, 1.54) is 0 Å². The summed E-state index contributed by atoms with van der Waals surface area (Å²) >= 11 is 0. The molecule has 138 valence electrons. The highest BCUT2D eigenvalue weighted by atomic mass is 16.6. The van der Waals surface area contributed by atoms with Gasteiger partial charge in [-0.2, -0.15) is 0 Å².